The number of hydrogen-bond acceptors (Lipinski definition) is 7. The Kier molecular flexibility index (Phi) is 8.42. The molecule has 5 rings (SSSR count). The monoisotopic (exact) mass is 641 g/mol. The summed E-state index contributed by atoms with van der Waals surface area (Å²) in [6.45, 7) is 0. The van der Waals surface area contributed by atoms with E-state index in [4.69, 9.17) is 11.6 Å². The number of nitriles is 1. The summed E-state index contributed by atoms with van der Waals surface area (Å²) in [5.74, 6) is -4.94. The molecule has 2 atom stereocenters. The van der Waals surface area contributed by atoms with Gasteiger partial charge in [-0.25, -0.2) is 22.2 Å². The number of pyridine rings is 1. The molecule has 0 spiro atoms. The third kappa shape index (κ3) is 6.27. The van der Waals surface area contributed by atoms with Crippen molar-refractivity contribution in [2.75, 3.05) is 16.1 Å². The maximum Gasteiger partial charge on any atom is 0.252 e. The van der Waals surface area contributed by atoms with Gasteiger partial charge in [0.2, 0.25) is 11.8 Å². The zero-order valence-corrected chi connectivity index (χ0v) is 24.9. The Balaban J connectivity index is 1.66. The highest BCUT2D eigenvalue weighted by Gasteiger charge is 2.48. The van der Waals surface area contributed by atoms with E-state index >= 15 is 0 Å². The second kappa shape index (κ2) is 11.9. The zero-order valence-electron chi connectivity index (χ0n) is 23.3. The van der Waals surface area contributed by atoms with Gasteiger partial charge >= 0.3 is 0 Å². The van der Waals surface area contributed by atoms with Crippen molar-refractivity contribution in [2.24, 2.45) is 0 Å². The number of anilines is 2. The number of aromatic nitrogens is 1. The van der Waals surface area contributed by atoms with Gasteiger partial charge in [0.05, 0.1) is 16.5 Å². The Morgan fingerprint density at radius 1 is 1.16 bits per heavy atom. The molecule has 0 bridgehead atoms. The predicted octanol–water partition coefficient (Wildman–Crippen LogP) is 4.19. The summed E-state index contributed by atoms with van der Waals surface area (Å²) in [5, 5.41) is 12.1. The standard InChI is InChI=1S/C30H26ClF2N5O5S/c1-44(42,43)21-6-4-5-20(14-21)37(29(41)24-9-10-26(39)38(24)25-13-18(17-34)11-12-35-25)27(22-7-2-3-8-23(22)31)28(40)36-19-15-30(32,33)16-19/h2-8,11-14,19,24,27H,9-10,15-16H2,1H3,(H,36,40)/t24-,27?/m0/s1. The van der Waals surface area contributed by atoms with Crippen LogP contribution >= 0.6 is 11.6 Å². The van der Waals surface area contributed by atoms with E-state index in [-0.39, 0.29) is 45.4 Å². The highest BCUT2D eigenvalue weighted by Crippen LogP contribution is 2.40. The fraction of sp³-hybridized carbons (Fsp3) is 0.300. The van der Waals surface area contributed by atoms with Crippen LogP contribution in [0.15, 0.2) is 71.8 Å². The van der Waals surface area contributed by atoms with Crippen molar-refractivity contribution >= 4 is 50.7 Å². The minimum atomic E-state index is -3.77. The lowest BCUT2D eigenvalue weighted by atomic mass is 9.87. The summed E-state index contributed by atoms with van der Waals surface area (Å²) in [5.41, 5.74) is 0.343. The van der Waals surface area contributed by atoms with Crippen molar-refractivity contribution in [1.82, 2.24) is 10.3 Å². The van der Waals surface area contributed by atoms with Crippen molar-refractivity contribution in [1.29, 1.82) is 5.26 Å². The van der Waals surface area contributed by atoms with Crippen molar-refractivity contribution < 1.29 is 31.6 Å². The second-order valence-electron chi connectivity index (χ2n) is 10.7. The van der Waals surface area contributed by atoms with Crippen LogP contribution in [-0.2, 0) is 24.2 Å². The highest BCUT2D eigenvalue weighted by molar-refractivity contribution is 7.90. The van der Waals surface area contributed by atoms with Gasteiger partial charge in [0.1, 0.15) is 17.9 Å². The zero-order chi connectivity index (χ0) is 31.8. The third-order valence-corrected chi connectivity index (χ3v) is 8.98. The molecular weight excluding hydrogens is 616 g/mol. The number of carbonyl (C=O) groups excluding carboxylic acids is 3. The van der Waals surface area contributed by atoms with E-state index in [0.717, 1.165) is 16.1 Å². The molecule has 3 amide bonds. The van der Waals surface area contributed by atoms with Gasteiger partial charge in [-0.3, -0.25) is 24.2 Å². The number of sulfone groups is 1. The van der Waals surface area contributed by atoms with Gasteiger partial charge in [-0.05, 0) is 42.8 Å². The van der Waals surface area contributed by atoms with E-state index in [9.17, 15) is 36.8 Å². The summed E-state index contributed by atoms with van der Waals surface area (Å²) in [4.78, 5) is 47.9. The number of amides is 3. The average molecular weight is 642 g/mol. The number of hydrogen-bond donors (Lipinski definition) is 1. The summed E-state index contributed by atoms with van der Waals surface area (Å²) < 4.78 is 52.3. The van der Waals surface area contributed by atoms with Crippen molar-refractivity contribution in [2.45, 2.75) is 54.6 Å². The fourth-order valence-electron chi connectivity index (χ4n) is 5.39. The average Bonchev–Trinajstić information content (AvgIpc) is 3.36. The lowest BCUT2D eigenvalue weighted by Gasteiger charge is -2.39. The van der Waals surface area contributed by atoms with Crippen LogP contribution in [0.2, 0.25) is 5.02 Å². The molecule has 3 aromatic rings. The van der Waals surface area contributed by atoms with Crippen molar-refractivity contribution in [3.05, 3.63) is 83.0 Å². The number of rotatable bonds is 8. The molecule has 10 nitrogen and oxygen atoms in total. The van der Waals surface area contributed by atoms with E-state index in [1.165, 1.54) is 54.7 Å². The molecular formula is C30H26ClF2N5O5S. The summed E-state index contributed by atoms with van der Waals surface area (Å²) in [6, 6.07) is 12.7. The van der Waals surface area contributed by atoms with E-state index < -0.39 is 64.4 Å². The van der Waals surface area contributed by atoms with Crippen LogP contribution in [0.5, 0.6) is 0 Å². The lowest BCUT2D eigenvalue weighted by molar-refractivity contribution is -0.133. The number of alkyl halides is 2. The van der Waals surface area contributed by atoms with Gasteiger partial charge in [0, 0.05) is 54.0 Å². The second-order valence-corrected chi connectivity index (χ2v) is 13.1. The number of carbonyl (C=O) groups is 3. The van der Waals surface area contributed by atoms with E-state index in [2.05, 4.69) is 10.3 Å². The fourth-order valence-corrected chi connectivity index (χ4v) is 6.29. The van der Waals surface area contributed by atoms with Crippen molar-refractivity contribution in [3.8, 4) is 6.07 Å². The minimum absolute atomic E-state index is 0.00466. The molecule has 2 heterocycles. The smallest absolute Gasteiger partial charge is 0.252 e. The van der Waals surface area contributed by atoms with Gasteiger partial charge in [-0.15, -0.1) is 0 Å². The topological polar surface area (TPSA) is 141 Å². The maximum atomic E-state index is 14.6. The molecule has 44 heavy (non-hydrogen) atoms. The van der Waals surface area contributed by atoms with Crippen LogP contribution in [0, 0.1) is 11.3 Å². The van der Waals surface area contributed by atoms with E-state index in [0.29, 0.717) is 0 Å². The Labute approximate surface area is 257 Å². The van der Waals surface area contributed by atoms with Gasteiger partial charge < -0.3 is 5.32 Å². The summed E-state index contributed by atoms with van der Waals surface area (Å²) in [7, 11) is -3.77. The number of benzene rings is 2. The highest BCUT2D eigenvalue weighted by atomic mass is 35.5. The molecule has 2 aromatic carbocycles. The molecule has 1 aliphatic heterocycles. The molecule has 1 unspecified atom stereocenters. The van der Waals surface area contributed by atoms with Gasteiger partial charge in [-0.2, -0.15) is 5.26 Å². The first kappa shape index (κ1) is 31.0. The largest absolute Gasteiger partial charge is 0.351 e. The van der Waals surface area contributed by atoms with Gasteiger partial charge in [0.25, 0.3) is 11.8 Å². The first-order chi connectivity index (χ1) is 20.8. The Bertz CT molecular complexity index is 1790. The summed E-state index contributed by atoms with van der Waals surface area (Å²) >= 11 is 6.53. The Morgan fingerprint density at radius 2 is 1.89 bits per heavy atom. The molecule has 14 heteroatoms. The quantitative estimate of drug-likeness (QED) is 0.389. The van der Waals surface area contributed by atoms with Gasteiger partial charge in [-0.1, -0.05) is 35.9 Å². The molecule has 2 aliphatic rings. The number of nitrogens with one attached hydrogen (secondary N) is 1. The van der Waals surface area contributed by atoms with Crippen LogP contribution < -0.4 is 15.1 Å². The lowest BCUT2D eigenvalue weighted by Crippen LogP contribution is -2.56. The molecule has 2 fully saturated rings. The minimum Gasteiger partial charge on any atom is -0.351 e. The van der Waals surface area contributed by atoms with Crippen LogP contribution in [0.1, 0.15) is 42.9 Å². The molecule has 1 N–H and O–H groups in total. The normalized spacial score (nSPS) is 18.7. The molecule has 1 saturated carbocycles. The first-order valence-corrected chi connectivity index (χ1v) is 15.8. The van der Waals surface area contributed by atoms with Gasteiger partial charge in [0.15, 0.2) is 9.84 Å². The van der Waals surface area contributed by atoms with E-state index in [1.54, 1.807) is 12.1 Å². The van der Waals surface area contributed by atoms with Crippen molar-refractivity contribution in [3.63, 3.8) is 0 Å². The Morgan fingerprint density at radius 3 is 2.55 bits per heavy atom. The van der Waals surface area contributed by atoms with Crippen LogP contribution in [0.4, 0.5) is 20.3 Å². The maximum absolute atomic E-state index is 14.6. The predicted molar refractivity (Wildman–Crippen MR) is 157 cm³/mol. The first-order valence-electron chi connectivity index (χ1n) is 13.5. The SMILES string of the molecule is CS(=O)(=O)c1cccc(N(C(=O)[C@@H]2CCC(=O)N2c2cc(C#N)ccn2)C(C(=O)NC2CC(F)(F)C2)c2ccccc2Cl)c1. The molecule has 1 saturated heterocycles. The molecule has 228 valence electrons. The molecule has 1 aliphatic carbocycles. The van der Waals surface area contributed by atoms with Crippen LogP contribution in [-0.4, -0.2) is 55.4 Å². The summed E-state index contributed by atoms with van der Waals surface area (Å²) in [6.07, 6.45) is 1.10. The van der Waals surface area contributed by atoms with E-state index in [1.807, 2.05) is 6.07 Å². The number of nitrogens with zero attached hydrogens (tertiary/aromatic N) is 4. The van der Waals surface area contributed by atoms with Crippen LogP contribution in [0.3, 0.4) is 0 Å². The third-order valence-electron chi connectivity index (χ3n) is 7.52. The molecule has 1 aromatic heterocycles. The Hall–Kier alpha value is -4.41. The van der Waals surface area contributed by atoms with Crippen LogP contribution in [0.25, 0.3) is 0 Å². The molecule has 0 radical (unpaired) electrons. The number of halogens is 3.